The molecular formula is C20H27Cl2NO. The minimum absolute atomic E-state index is 0.173. The van der Waals surface area contributed by atoms with Crippen molar-refractivity contribution in [2.24, 2.45) is 0 Å². The van der Waals surface area contributed by atoms with Gasteiger partial charge < -0.3 is 4.90 Å². The molecule has 1 aromatic carbocycles. The van der Waals surface area contributed by atoms with E-state index in [4.69, 9.17) is 23.2 Å². The molecule has 0 saturated heterocycles. The Labute approximate surface area is 155 Å². The average Bonchev–Trinajstić information content (AvgIpc) is 3.40. The number of carbonyl (C=O) groups is 1. The summed E-state index contributed by atoms with van der Waals surface area (Å²) < 4.78 is 0. The van der Waals surface area contributed by atoms with Crippen LogP contribution in [0, 0.1) is 0 Å². The first-order chi connectivity index (χ1) is 11.6. The highest BCUT2D eigenvalue weighted by Gasteiger charge is 2.34. The van der Waals surface area contributed by atoms with E-state index >= 15 is 0 Å². The quantitative estimate of drug-likeness (QED) is 0.365. The highest BCUT2D eigenvalue weighted by Crippen LogP contribution is 2.33. The topological polar surface area (TPSA) is 20.3 Å². The first kappa shape index (κ1) is 19.3. The standard InChI is InChI=1S/C20H27Cl2NO/c1-3-5-6-9-15(8-4-2)20(24)23(17-12-13-17)14-16-10-7-11-18(21)19(16)22/h7-8,10-11,17H,3-6,9,12-14H2,1-2H3/b15-8-. The van der Waals surface area contributed by atoms with Crippen molar-refractivity contribution in [3.63, 3.8) is 0 Å². The van der Waals surface area contributed by atoms with E-state index in [1.165, 1.54) is 0 Å². The van der Waals surface area contributed by atoms with E-state index in [9.17, 15) is 4.79 Å². The molecule has 0 unspecified atom stereocenters. The lowest BCUT2D eigenvalue weighted by Crippen LogP contribution is -2.34. The third-order valence-electron chi connectivity index (χ3n) is 4.40. The Balaban J connectivity index is 2.15. The Bertz CT molecular complexity index is 593. The maximum Gasteiger partial charge on any atom is 0.250 e. The minimum Gasteiger partial charge on any atom is -0.332 e. The molecule has 24 heavy (non-hydrogen) atoms. The molecule has 1 saturated carbocycles. The van der Waals surface area contributed by atoms with Gasteiger partial charge in [0.15, 0.2) is 0 Å². The van der Waals surface area contributed by atoms with E-state index in [1.807, 2.05) is 17.0 Å². The van der Waals surface area contributed by atoms with Gasteiger partial charge in [0, 0.05) is 18.2 Å². The molecule has 1 aromatic rings. The molecule has 0 radical (unpaired) electrons. The van der Waals surface area contributed by atoms with Crippen molar-refractivity contribution in [3.05, 3.63) is 45.5 Å². The van der Waals surface area contributed by atoms with E-state index in [1.54, 1.807) is 6.07 Å². The van der Waals surface area contributed by atoms with Gasteiger partial charge in [-0.2, -0.15) is 0 Å². The second kappa shape index (κ2) is 9.48. The van der Waals surface area contributed by atoms with Crippen LogP contribution in [0.2, 0.25) is 10.0 Å². The maximum absolute atomic E-state index is 13.1. The fourth-order valence-electron chi connectivity index (χ4n) is 2.90. The van der Waals surface area contributed by atoms with Crippen LogP contribution in [-0.4, -0.2) is 16.8 Å². The fourth-order valence-corrected chi connectivity index (χ4v) is 3.28. The first-order valence-electron chi connectivity index (χ1n) is 9.01. The zero-order valence-corrected chi connectivity index (χ0v) is 16.2. The number of hydrogen-bond donors (Lipinski definition) is 0. The molecule has 0 N–H and O–H groups in total. The predicted molar refractivity (Wildman–Crippen MR) is 103 cm³/mol. The summed E-state index contributed by atoms with van der Waals surface area (Å²) in [5, 5.41) is 1.11. The summed E-state index contributed by atoms with van der Waals surface area (Å²) >= 11 is 12.4. The second-order valence-electron chi connectivity index (χ2n) is 6.47. The predicted octanol–water partition coefficient (Wildman–Crippen LogP) is 6.40. The summed E-state index contributed by atoms with van der Waals surface area (Å²) in [7, 11) is 0. The molecule has 4 heteroatoms. The zero-order chi connectivity index (χ0) is 17.5. The van der Waals surface area contributed by atoms with Crippen LogP contribution >= 0.6 is 23.2 Å². The van der Waals surface area contributed by atoms with Gasteiger partial charge in [-0.1, -0.05) is 68.1 Å². The van der Waals surface area contributed by atoms with Crippen molar-refractivity contribution in [1.82, 2.24) is 4.90 Å². The lowest BCUT2D eigenvalue weighted by molar-refractivity contribution is -0.128. The summed E-state index contributed by atoms with van der Waals surface area (Å²) in [6.45, 7) is 4.81. The normalized spacial score (nSPS) is 14.8. The summed E-state index contributed by atoms with van der Waals surface area (Å²) in [6.07, 6.45) is 9.42. The lowest BCUT2D eigenvalue weighted by atomic mass is 10.0. The number of halogens is 2. The molecule has 0 heterocycles. The summed E-state index contributed by atoms with van der Waals surface area (Å²) in [5.74, 6) is 0.173. The molecule has 132 valence electrons. The van der Waals surface area contributed by atoms with Crippen molar-refractivity contribution in [2.75, 3.05) is 0 Å². The molecule has 0 aliphatic heterocycles. The Morgan fingerprint density at radius 2 is 2.00 bits per heavy atom. The van der Waals surface area contributed by atoms with E-state index in [0.29, 0.717) is 22.6 Å². The monoisotopic (exact) mass is 367 g/mol. The van der Waals surface area contributed by atoms with Crippen molar-refractivity contribution in [3.8, 4) is 0 Å². The van der Waals surface area contributed by atoms with Gasteiger partial charge in [0.25, 0.3) is 0 Å². The molecule has 1 fully saturated rings. The summed E-state index contributed by atoms with van der Waals surface area (Å²) in [6, 6.07) is 5.98. The van der Waals surface area contributed by atoms with Crippen LogP contribution in [0.1, 0.15) is 64.4 Å². The van der Waals surface area contributed by atoms with Crippen LogP contribution in [0.4, 0.5) is 0 Å². The van der Waals surface area contributed by atoms with Crippen LogP contribution in [0.3, 0.4) is 0 Å². The van der Waals surface area contributed by atoms with Crippen molar-refractivity contribution in [1.29, 1.82) is 0 Å². The fraction of sp³-hybridized carbons (Fsp3) is 0.550. The molecule has 0 bridgehead atoms. The van der Waals surface area contributed by atoms with Crippen LogP contribution in [0.5, 0.6) is 0 Å². The highest BCUT2D eigenvalue weighted by atomic mass is 35.5. The molecule has 2 rings (SSSR count). The number of allylic oxidation sites excluding steroid dienone is 1. The van der Waals surface area contributed by atoms with Crippen LogP contribution in [0.15, 0.2) is 29.8 Å². The van der Waals surface area contributed by atoms with Gasteiger partial charge in [-0.15, -0.1) is 0 Å². The molecule has 1 aliphatic carbocycles. The third-order valence-corrected chi connectivity index (χ3v) is 5.25. The van der Waals surface area contributed by atoms with Crippen molar-refractivity contribution in [2.45, 2.75) is 71.4 Å². The van der Waals surface area contributed by atoms with E-state index in [0.717, 1.165) is 56.1 Å². The maximum atomic E-state index is 13.1. The molecule has 1 aliphatic rings. The van der Waals surface area contributed by atoms with Gasteiger partial charge >= 0.3 is 0 Å². The Morgan fingerprint density at radius 1 is 1.25 bits per heavy atom. The zero-order valence-electron chi connectivity index (χ0n) is 14.7. The molecule has 0 spiro atoms. The minimum atomic E-state index is 0.173. The Hall–Kier alpha value is -0.990. The smallest absolute Gasteiger partial charge is 0.250 e. The van der Waals surface area contributed by atoms with E-state index in [-0.39, 0.29) is 5.91 Å². The van der Waals surface area contributed by atoms with Crippen LogP contribution in [0.25, 0.3) is 0 Å². The molecular weight excluding hydrogens is 341 g/mol. The number of unbranched alkanes of at least 4 members (excludes halogenated alkanes) is 2. The largest absolute Gasteiger partial charge is 0.332 e. The Kier molecular flexibility index (Phi) is 7.64. The van der Waals surface area contributed by atoms with Gasteiger partial charge in [0.2, 0.25) is 5.91 Å². The molecule has 0 aromatic heterocycles. The van der Waals surface area contributed by atoms with Crippen LogP contribution < -0.4 is 0 Å². The molecule has 2 nitrogen and oxygen atoms in total. The highest BCUT2D eigenvalue weighted by molar-refractivity contribution is 6.42. The molecule has 1 amide bonds. The van der Waals surface area contributed by atoms with Gasteiger partial charge in [-0.3, -0.25) is 4.79 Å². The summed E-state index contributed by atoms with van der Waals surface area (Å²) in [5.41, 5.74) is 1.88. The van der Waals surface area contributed by atoms with Gasteiger partial charge in [0.05, 0.1) is 10.0 Å². The number of nitrogens with zero attached hydrogens (tertiary/aromatic N) is 1. The van der Waals surface area contributed by atoms with Crippen LogP contribution in [-0.2, 0) is 11.3 Å². The third kappa shape index (κ3) is 5.26. The van der Waals surface area contributed by atoms with E-state index < -0.39 is 0 Å². The second-order valence-corrected chi connectivity index (χ2v) is 7.26. The number of carbonyl (C=O) groups excluding carboxylic acids is 1. The number of benzene rings is 1. The average molecular weight is 368 g/mol. The number of rotatable bonds is 9. The van der Waals surface area contributed by atoms with Crippen molar-refractivity contribution >= 4 is 29.1 Å². The molecule has 0 atom stereocenters. The Morgan fingerprint density at radius 3 is 2.62 bits per heavy atom. The number of amides is 1. The number of hydrogen-bond acceptors (Lipinski definition) is 1. The van der Waals surface area contributed by atoms with Gasteiger partial charge in [0.1, 0.15) is 0 Å². The van der Waals surface area contributed by atoms with Gasteiger partial charge in [-0.05, 0) is 43.7 Å². The van der Waals surface area contributed by atoms with Gasteiger partial charge in [-0.25, -0.2) is 0 Å². The summed E-state index contributed by atoms with van der Waals surface area (Å²) in [4.78, 5) is 15.1. The van der Waals surface area contributed by atoms with Crippen molar-refractivity contribution < 1.29 is 4.79 Å². The first-order valence-corrected chi connectivity index (χ1v) is 9.76. The lowest BCUT2D eigenvalue weighted by Gasteiger charge is -2.25. The SMILES string of the molecule is CC/C=C(/CCCCC)C(=O)N(Cc1cccc(Cl)c1Cl)C1CC1. The van der Waals surface area contributed by atoms with E-state index in [2.05, 4.69) is 19.9 Å².